The Kier molecular flexibility index (Phi) is 45.4. The molecule has 0 aromatic heterocycles. The second-order valence-corrected chi connectivity index (χ2v) is 6.12. The van der Waals surface area contributed by atoms with Crippen molar-refractivity contribution in [1.82, 2.24) is 0 Å². The van der Waals surface area contributed by atoms with Crippen LogP contribution >= 0.6 is 0 Å². The molecule has 0 spiro atoms. The average molecular weight is 618 g/mol. The summed E-state index contributed by atoms with van der Waals surface area (Å²) in [6.07, 6.45) is 0. The molecule has 2 radical (unpaired) electrons. The van der Waals surface area contributed by atoms with Crippen LogP contribution in [0.2, 0.25) is 0 Å². The van der Waals surface area contributed by atoms with Gasteiger partial charge in [0.1, 0.15) is 0 Å². The van der Waals surface area contributed by atoms with Crippen molar-refractivity contribution < 1.29 is 136 Å². The van der Waals surface area contributed by atoms with E-state index in [1.165, 1.54) is 0 Å². The van der Waals surface area contributed by atoms with Gasteiger partial charge in [-0.3, -0.25) is 42.1 Å². The number of hydrogen-bond acceptors (Lipinski definition) is 20. The summed E-state index contributed by atoms with van der Waals surface area (Å²) < 4.78 is 170. The minimum atomic E-state index is -5.17. The molecule has 0 bridgehead atoms. The number of hydrogen-bond donors (Lipinski definition) is 0. The molecule has 29 heteroatoms. The molecule has 4 N–H and O–H groups in total. The van der Waals surface area contributed by atoms with Crippen molar-refractivity contribution in [3.63, 3.8) is 0 Å². The summed E-state index contributed by atoms with van der Waals surface area (Å²) in [6.45, 7) is 0. The van der Waals surface area contributed by atoms with Crippen LogP contribution in [0.5, 0.6) is 0 Å². The van der Waals surface area contributed by atoms with Crippen molar-refractivity contribution in [2.75, 3.05) is 0 Å². The van der Waals surface area contributed by atoms with Crippen LogP contribution in [-0.4, -0.2) is 98.6 Å². The van der Waals surface area contributed by atoms with Crippen LogP contribution < -0.4 is 0 Å². The number of rotatable bonds is 0. The topological polar surface area (TPSA) is 464 Å². The van der Waals surface area contributed by atoms with Gasteiger partial charge < -0.3 is 56.5 Å². The van der Waals surface area contributed by atoms with Crippen LogP contribution in [0.15, 0.2) is 0 Å². The molecular weight excluding hydrogens is 614 g/mol. The van der Waals surface area contributed by atoms with Crippen molar-refractivity contribution >= 4 is 52.0 Å². The van der Waals surface area contributed by atoms with E-state index in [1.54, 1.807) is 0 Å². The quantitative estimate of drug-likeness (QED) is 0.179. The van der Waals surface area contributed by atoms with Gasteiger partial charge in [0.05, 0.1) is 0 Å². The Morgan fingerprint density at radius 1 is 0.276 bits per heavy atom. The van der Waals surface area contributed by atoms with E-state index in [-0.39, 0.29) is 48.1 Å². The van der Waals surface area contributed by atoms with Crippen LogP contribution in [-0.2, 0) is 89.1 Å². The fourth-order valence-corrected chi connectivity index (χ4v) is 0. The van der Waals surface area contributed by atoms with Crippen LogP contribution in [0.25, 0.3) is 0 Å². The Hall–Kier alpha value is 0.439. The molecule has 0 rings (SSSR count). The molecule has 0 aromatic rings. The maximum Gasteiger partial charge on any atom is 0.0311 e. The molecule has 0 amide bonds. The van der Waals surface area contributed by atoms with Crippen molar-refractivity contribution in [2.24, 2.45) is 0 Å². The third kappa shape index (κ3) is 103000. The molecule has 186 valence electrons. The summed E-state index contributed by atoms with van der Waals surface area (Å²) in [5.74, 6) is 0. The van der Waals surface area contributed by atoms with Gasteiger partial charge >= 0.3 is 0 Å². The minimum Gasteiger partial charge on any atom is -0.759 e. The molecule has 0 saturated heterocycles. The first-order valence-electron chi connectivity index (χ1n) is 3.33. The molecule has 0 heterocycles. The van der Waals surface area contributed by atoms with Crippen LogP contribution in [0.3, 0.4) is 0 Å². The van der Waals surface area contributed by atoms with Gasteiger partial charge in [0.2, 0.25) is 0 Å². The molecular formula is H4O22S5V2-10. The smallest absolute Gasteiger partial charge is 0.0311 e. The Morgan fingerprint density at radius 3 is 0.276 bits per heavy atom. The Morgan fingerprint density at radius 2 is 0.276 bits per heavy atom. The summed E-state index contributed by atoms with van der Waals surface area (Å²) in [4.78, 5) is 0. The summed E-state index contributed by atoms with van der Waals surface area (Å²) in [5, 5.41) is 0. The molecule has 0 saturated carbocycles. The first-order chi connectivity index (χ1) is 10.0. The van der Waals surface area contributed by atoms with Gasteiger partial charge in [-0.05, 0) is 0 Å². The van der Waals surface area contributed by atoms with E-state index in [0.29, 0.717) is 0 Å². The van der Waals surface area contributed by atoms with Gasteiger partial charge in [0.15, 0.2) is 0 Å². The summed E-state index contributed by atoms with van der Waals surface area (Å²) in [5.41, 5.74) is 0. The molecule has 0 atom stereocenters. The Balaban J connectivity index is -0.0000000238. The first kappa shape index (κ1) is 57.0. The van der Waals surface area contributed by atoms with Gasteiger partial charge in [-0.2, -0.15) is 0 Å². The van der Waals surface area contributed by atoms with E-state index in [4.69, 9.17) is 87.6 Å². The average Bonchev–Trinajstić information content (AvgIpc) is 1.79. The Labute approximate surface area is 187 Å². The van der Waals surface area contributed by atoms with Crippen LogP contribution in [0.4, 0.5) is 0 Å². The zero-order valence-electron chi connectivity index (χ0n) is 12.1. The van der Waals surface area contributed by atoms with Crippen molar-refractivity contribution in [1.29, 1.82) is 0 Å². The normalized spacial score (nSPS) is 10.0. The van der Waals surface area contributed by atoms with Gasteiger partial charge in [-0.1, -0.05) is 0 Å². The van der Waals surface area contributed by atoms with Gasteiger partial charge in [0.25, 0.3) is 0 Å². The van der Waals surface area contributed by atoms with E-state index in [0.717, 1.165) is 0 Å². The summed E-state index contributed by atoms with van der Waals surface area (Å²) in [7, 11) is -25.8. The molecule has 22 nitrogen and oxygen atoms in total. The standard InChI is InChI=1S/5H2O4S.2H2O.2V/c5*1-5(2,3)4;;;;/h5*(H2,1,2,3,4);2*1H2;;/p-10. The minimum absolute atomic E-state index is 0. The summed E-state index contributed by atoms with van der Waals surface area (Å²) >= 11 is 0. The molecule has 0 aliphatic heterocycles. The largest absolute Gasteiger partial charge is 0.759 e. The van der Waals surface area contributed by atoms with E-state index < -0.39 is 52.0 Å². The zero-order chi connectivity index (χ0) is 22.5. The summed E-state index contributed by atoms with van der Waals surface area (Å²) in [6, 6.07) is 0. The second-order valence-electron chi connectivity index (χ2n) is 2.04. The van der Waals surface area contributed by atoms with E-state index >= 15 is 0 Å². The molecule has 0 aliphatic rings. The SMILES string of the molecule is O.O.O=S(=O)([O-])[O-].O=S(=O)([O-])[O-].O=S(=O)([O-])[O-].O=S(=O)([O-])[O-].O=S(=O)([O-])[O-].[V].[V]. The maximum atomic E-state index is 8.52. The monoisotopic (exact) mass is 618 g/mol. The van der Waals surface area contributed by atoms with Crippen molar-refractivity contribution in [3.05, 3.63) is 0 Å². The maximum absolute atomic E-state index is 8.52. The van der Waals surface area contributed by atoms with Gasteiger partial charge in [-0.15, -0.1) is 0 Å². The van der Waals surface area contributed by atoms with Crippen LogP contribution in [0, 0.1) is 0 Å². The molecule has 0 fully saturated rings. The molecule has 0 aliphatic carbocycles. The third-order valence-corrected chi connectivity index (χ3v) is 0. The van der Waals surface area contributed by atoms with E-state index in [1.807, 2.05) is 0 Å². The van der Waals surface area contributed by atoms with E-state index in [2.05, 4.69) is 0 Å². The fourth-order valence-electron chi connectivity index (χ4n) is 0. The second kappa shape index (κ2) is 23.1. The molecule has 29 heavy (non-hydrogen) atoms. The van der Waals surface area contributed by atoms with Crippen molar-refractivity contribution in [3.8, 4) is 0 Å². The van der Waals surface area contributed by atoms with E-state index in [9.17, 15) is 0 Å². The molecule has 0 unspecified atom stereocenters. The fraction of sp³-hybridized carbons (Fsp3) is 0. The first-order valence-corrected chi connectivity index (χ1v) is 10.0. The zero-order valence-corrected chi connectivity index (χ0v) is 19.0. The van der Waals surface area contributed by atoms with Crippen molar-refractivity contribution in [2.45, 2.75) is 0 Å². The van der Waals surface area contributed by atoms with Gasteiger partial charge in [0, 0.05) is 89.1 Å². The Bertz CT molecular complexity index is 619. The molecule has 0 aromatic carbocycles. The van der Waals surface area contributed by atoms with Crippen LogP contribution in [0.1, 0.15) is 0 Å². The third-order valence-electron chi connectivity index (χ3n) is 0. The van der Waals surface area contributed by atoms with Gasteiger partial charge in [-0.25, -0.2) is 0 Å². The predicted molar refractivity (Wildman–Crippen MR) is 59.6 cm³/mol. The predicted octanol–water partition coefficient (Wildman–Crippen LogP) is -8.34.